The molecule has 0 bridgehead atoms. The largest absolute Gasteiger partial charge is 0.385 e. The van der Waals surface area contributed by atoms with E-state index in [0.29, 0.717) is 5.56 Å². The number of hydrogen-bond acceptors (Lipinski definition) is 5. The van der Waals surface area contributed by atoms with Gasteiger partial charge >= 0.3 is 0 Å². The maximum Gasteiger partial charge on any atom is 0.123 e. The van der Waals surface area contributed by atoms with Crippen LogP contribution in [0.25, 0.3) is 17.0 Å². The SMILES string of the molecule is C=C(NCCc1cnccn1)c1ccc(-c2ccccc2C#N)nc1.CCCc1cccc(F)c1. The molecule has 0 amide bonds. The standard InChI is InChI=1S/C20H17N5.C9H11F/c1-15(23-9-8-18-14-22-10-11-24-18)17-6-7-20(25-13-17)19-5-3-2-4-16(19)12-21;1-2-4-8-5-3-6-9(10)7-8/h2-7,10-11,13-14,23H,1,8-9H2;3,5-7H,2,4H2,1H3. The first-order chi connectivity index (χ1) is 17.1. The molecule has 0 saturated heterocycles. The summed E-state index contributed by atoms with van der Waals surface area (Å²) >= 11 is 0. The van der Waals surface area contributed by atoms with Gasteiger partial charge in [-0.2, -0.15) is 5.26 Å². The van der Waals surface area contributed by atoms with E-state index < -0.39 is 0 Å². The Morgan fingerprint density at radius 1 is 1.00 bits per heavy atom. The average Bonchev–Trinajstić information content (AvgIpc) is 2.90. The van der Waals surface area contributed by atoms with Crippen LogP contribution in [0, 0.1) is 17.1 Å². The zero-order valence-corrected chi connectivity index (χ0v) is 19.8. The third-order valence-electron chi connectivity index (χ3n) is 5.20. The highest BCUT2D eigenvalue weighted by Crippen LogP contribution is 2.22. The molecule has 4 aromatic rings. The summed E-state index contributed by atoms with van der Waals surface area (Å²) in [5, 5.41) is 12.5. The minimum absolute atomic E-state index is 0.133. The molecule has 6 heteroatoms. The van der Waals surface area contributed by atoms with Crippen molar-refractivity contribution in [2.45, 2.75) is 26.2 Å². The summed E-state index contributed by atoms with van der Waals surface area (Å²) in [5.74, 6) is -0.133. The lowest BCUT2D eigenvalue weighted by Crippen LogP contribution is -2.15. The molecule has 0 radical (unpaired) electrons. The Morgan fingerprint density at radius 3 is 2.54 bits per heavy atom. The predicted octanol–water partition coefficient (Wildman–Crippen LogP) is 5.99. The van der Waals surface area contributed by atoms with E-state index >= 15 is 0 Å². The van der Waals surface area contributed by atoms with Gasteiger partial charge in [0.15, 0.2) is 0 Å². The summed E-state index contributed by atoms with van der Waals surface area (Å²) in [5.41, 5.74) is 5.95. The fourth-order valence-electron chi connectivity index (χ4n) is 3.42. The number of pyridine rings is 1. The van der Waals surface area contributed by atoms with E-state index in [9.17, 15) is 9.65 Å². The second-order valence-corrected chi connectivity index (χ2v) is 7.82. The Bertz CT molecular complexity index is 1260. The minimum Gasteiger partial charge on any atom is -0.385 e. The van der Waals surface area contributed by atoms with E-state index in [1.807, 2.05) is 36.4 Å². The number of aryl methyl sites for hydroxylation is 1. The normalized spacial score (nSPS) is 9.97. The molecule has 0 fully saturated rings. The first-order valence-corrected chi connectivity index (χ1v) is 11.5. The van der Waals surface area contributed by atoms with E-state index in [1.54, 1.807) is 43.0 Å². The maximum atomic E-state index is 12.5. The fraction of sp³-hybridized carbons (Fsp3) is 0.172. The van der Waals surface area contributed by atoms with E-state index in [0.717, 1.165) is 59.6 Å². The number of hydrogen-bond donors (Lipinski definition) is 1. The van der Waals surface area contributed by atoms with Crippen LogP contribution in [-0.2, 0) is 12.8 Å². The van der Waals surface area contributed by atoms with Gasteiger partial charge in [-0.1, -0.05) is 50.3 Å². The molecule has 4 rings (SSSR count). The number of rotatable bonds is 8. The summed E-state index contributed by atoms with van der Waals surface area (Å²) in [6, 6.07) is 20.2. The van der Waals surface area contributed by atoms with Crippen LogP contribution in [0.4, 0.5) is 4.39 Å². The summed E-state index contributed by atoms with van der Waals surface area (Å²) in [4.78, 5) is 12.8. The topological polar surface area (TPSA) is 74.5 Å². The van der Waals surface area contributed by atoms with Crippen LogP contribution in [0.1, 0.15) is 35.7 Å². The van der Waals surface area contributed by atoms with Crippen molar-refractivity contribution in [3.05, 3.63) is 120 Å². The van der Waals surface area contributed by atoms with Crippen LogP contribution >= 0.6 is 0 Å². The van der Waals surface area contributed by atoms with Gasteiger partial charge in [-0.3, -0.25) is 15.0 Å². The quantitative estimate of drug-likeness (QED) is 0.346. The van der Waals surface area contributed by atoms with E-state index in [2.05, 4.69) is 39.8 Å². The Hall–Kier alpha value is -4.37. The molecule has 0 aliphatic carbocycles. The number of nitrogens with one attached hydrogen (secondary N) is 1. The summed E-state index contributed by atoms with van der Waals surface area (Å²) in [6.45, 7) is 6.86. The van der Waals surface area contributed by atoms with Crippen LogP contribution < -0.4 is 5.32 Å². The molecule has 2 aromatic heterocycles. The highest BCUT2D eigenvalue weighted by Gasteiger charge is 2.06. The molecule has 2 aromatic carbocycles. The second kappa shape index (κ2) is 13.4. The first-order valence-electron chi connectivity index (χ1n) is 11.5. The number of aromatic nitrogens is 3. The summed E-state index contributed by atoms with van der Waals surface area (Å²) < 4.78 is 12.5. The molecule has 1 N–H and O–H groups in total. The molecule has 176 valence electrons. The minimum atomic E-state index is -0.133. The summed E-state index contributed by atoms with van der Waals surface area (Å²) in [6.07, 6.45) is 9.68. The molecule has 35 heavy (non-hydrogen) atoms. The van der Waals surface area contributed by atoms with Gasteiger partial charge in [0.25, 0.3) is 0 Å². The monoisotopic (exact) mass is 465 g/mol. The van der Waals surface area contributed by atoms with Gasteiger partial charge in [0.05, 0.1) is 23.0 Å². The Labute approximate surface area is 206 Å². The highest BCUT2D eigenvalue weighted by atomic mass is 19.1. The van der Waals surface area contributed by atoms with Crippen molar-refractivity contribution in [3.8, 4) is 17.3 Å². The first kappa shape index (κ1) is 25.3. The summed E-state index contributed by atoms with van der Waals surface area (Å²) in [7, 11) is 0. The van der Waals surface area contributed by atoms with E-state index in [1.165, 1.54) is 6.07 Å². The Morgan fingerprint density at radius 2 is 1.86 bits per heavy atom. The Balaban J connectivity index is 0.000000287. The number of benzene rings is 2. The van der Waals surface area contributed by atoms with Crippen molar-refractivity contribution in [2.75, 3.05) is 6.54 Å². The lowest BCUT2D eigenvalue weighted by molar-refractivity contribution is 0.625. The van der Waals surface area contributed by atoms with E-state index in [4.69, 9.17) is 0 Å². The lowest BCUT2D eigenvalue weighted by Gasteiger charge is -2.10. The third-order valence-corrected chi connectivity index (χ3v) is 5.20. The van der Waals surface area contributed by atoms with Gasteiger partial charge in [-0.15, -0.1) is 0 Å². The molecular formula is C29H28FN5. The van der Waals surface area contributed by atoms with Crippen molar-refractivity contribution in [3.63, 3.8) is 0 Å². The van der Waals surface area contributed by atoms with Crippen molar-refractivity contribution < 1.29 is 4.39 Å². The molecule has 2 heterocycles. The zero-order valence-electron chi connectivity index (χ0n) is 19.8. The smallest absolute Gasteiger partial charge is 0.123 e. The van der Waals surface area contributed by atoms with Crippen LogP contribution in [0.5, 0.6) is 0 Å². The molecule has 0 aliphatic heterocycles. The predicted molar refractivity (Wildman–Crippen MR) is 138 cm³/mol. The third kappa shape index (κ3) is 7.86. The van der Waals surface area contributed by atoms with Gasteiger partial charge in [0.1, 0.15) is 5.82 Å². The molecule has 0 unspecified atom stereocenters. The van der Waals surface area contributed by atoms with Crippen molar-refractivity contribution >= 4 is 5.70 Å². The Kier molecular flexibility index (Phi) is 9.64. The molecule has 0 spiro atoms. The van der Waals surface area contributed by atoms with E-state index in [-0.39, 0.29) is 5.82 Å². The zero-order chi connectivity index (χ0) is 24.9. The van der Waals surface area contributed by atoms with Gasteiger partial charge in [-0.25, -0.2) is 4.39 Å². The molecule has 0 aliphatic rings. The number of halogens is 1. The van der Waals surface area contributed by atoms with Crippen molar-refractivity contribution in [1.29, 1.82) is 5.26 Å². The lowest BCUT2D eigenvalue weighted by atomic mass is 10.0. The molecule has 0 saturated carbocycles. The average molecular weight is 466 g/mol. The fourth-order valence-corrected chi connectivity index (χ4v) is 3.42. The molecule has 5 nitrogen and oxygen atoms in total. The van der Waals surface area contributed by atoms with Crippen LogP contribution in [0.15, 0.2) is 92.0 Å². The van der Waals surface area contributed by atoms with Crippen molar-refractivity contribution in [2.24, 2.45) is 0 Å². The highest BCUT2D eigenvalue weighted by molar-refractivity contribution is 5.69. The maximum absolute atomic E-state index is 12.5. The van der Waals surface area contributed by atoms with Crippen LogP contribution in [-0.4, -0.2) is 21.5 Å². The van der Waals surface area contributed by atoms with Gasteiger partial charge in [0, 0.05) is 54.6 Å². The van der Waals surface area contributed by atoms with Crippen LogP contribution in [0.2, 0.25) is 0 Å². The molecule has 0 atom stereocenters. The van der Waals surface area contributed by atoms with Crippen LogP contribution in [0.3, 0.4) is 0 Å². The number of nitrogens with zero attached hydrogens (tertiary/aromatic N) is 4. The second-order valence-electron chi connectivity index (χ2n) is 7.82. The molecular weight excluding hydrogens is 437 g/mol. The van der Waals surface area contributed by atoms with Crippen molar-refractivity contribution in [1.82, 2.24) is 20.3 Å². The number of nitriles is 1. The van der Waals surface area contributed by atoms with Gasteiger partial charge < -0.3 is 5.32 Å². The van der Waals surface area contributed by atoms with Gasteiger partial charge in [-0.05, 0) is 42.3 Å². The van der Waals surface area contributed by atoms with Gasteiger partial charge in [0.2, 0.25) is 0 Å².